The van der Waals surface area contributed by atoms with E-state index < -0.39 is 40.9 Å². The molecule has 0 aliphatic carbocycles. The number of hydrogen-bond acceptors (Lipinski definition) is 5. The Bertz CT molecular complexity index is 2820. The first-order valence-electron chi connectivity index (χ1n) is 20.3. The van der Waals surface area contributed by atoms with Gasteiger partial charge in [-0.3, -0.25) is 0 Å². The van der Waals surface area contributed by atoms with Crippen LogP contribution in [0.25, 0.3) is 32.3 Å². The van der Waals surface area contributed by atoms with Crippen LogP contribution in [0.15, 0.2) is 218 Å². The first kappa shape index (κ1) is 36.0. The topological polar surface area (TPSA) is 40.2 Å². The van der Waals surface area contributed by atoms with Crippen LogP contribution in [0.5, 0.6) is 0 Å². The van der Waals surface area contributed by atoms with Gasteiger partial charge in [-0.1, -0.05) is 212 Å². The van der Waals surface area contributed by atoms with Gasteiger partial charge in [-0.05, 0) is 71.5 Å². The summed E-state index contributed by atoms with van der Waals surface area (Å²) in [4.78, 5) is 0. The van der Waals surface area contributed by atoms with Gasteiger partial charge < -0.3 is 22.9 Å². The van der Waals surface area contributed by atoms with Crippen molar-refractivity contribution in [3.05, 3.63) is 235 Å². The van der Waals surface area contributed by atoms with Crippen molar-refractivity contribution in [2.45, 2.75) is 5.31 Å². The number of hydrogen-bond donors (Lipinski definition) is 0. The smallest absolute Gasteiger partial charge is 0.458 e. The first-order valence-corrected chi connectivity index (χ1v) is 20.3. The summed E-state index contributed by atoms with van der Waals surface area (Å²) in [5, 5.41) is 6.26. The lowest BCUT2D eigenvalue weighted by molar-refractivity contribution is 0.254. The molecule has 0 amide bonds. The molecular formula is C49H36B5NO4. The van der Waals surface area contributed by atoms with Crippen LogP contribution in [0.2, 0.25) is 0 Å². The van der Waals surface area contributed by atoms with Gasteiger partial charge in [-0.15, -0.1) is 0 Å². The Labute approximate surface area is 346 Å². The molecule has 10 heteroatoms. The molecular weight excluding hydrogens is 721 g/mol. The van der Waals surface area contributed by atoms with Gasteiger partial charge in [0.15, 0.2) is 0 Å². The van der Waals surface area contributed by atoms with E-state index in [0.29, 0.717) is 0 Å². The number of fused-ring (bicyclic) bond motifs is 7. The molecule has 0 N–H and O–H groups in total. The summed E-state index contributed by atoms with van der Waals surface area (Å²) in [6.45, 7) is 0. The van der Waals surface area contributed by atoms with Crippen molar-refractivity contribution < 1.29 is 18.3 Å². The predicted molar refractivity (Wildman–Crippen MR) is 245 cm³/mol. The summed E-state index contributed by atoms with van der Waals surface area (Å²) in [7, 11) is -3.65. The van der Waals surface area contributed by atoms with Crippen LogP contribution in [0.4, 0.5) is 0 Å². The fourth-order valence-electron chi connectivity index (χ4n) is 9.34. The zero-order chi connectivity index (χ0) is 39.2. The molecule has 11 rings (SSSR count). The molecule has 276 valence electrons. The van der Waals surface area contributed by atoms with Gasteiger partial charge in [-0.25, -0.2) is 0 Å². The molecule has 0 bridgehead atoms. The van der Waals surface area contributed by atoms with E-state index in [1.54, 1.807) is 0 Å². The zero-order valence-electron chi connectivity index (χ0n) is 32.3. The molecule has 5 nitrogen and oxygen atoms in total. The van der Waals surface area contributed by atoms with E-state index >= 15 is 0 Å². The Morgan fingerprint density at radius 2 is 0.729 bits per heavy atom. The van der Waals surface area contributed by atoms with Crippen molar-refractivity contribution >= 4 is 84.3 Å². The molecule has 59 heavy (non-hydrogen) atoms. The van der Waals surface area contributed by atoms with Crippen molar-refractivity contribution in [2.75, 3.05) is 0 Å². The summed E-state index contributed by atoms with van der Waals surface area (Å²) in [6, 6.07) is 76.3. The first-order chi connectivity index (χ1) is 29.3. The molecule has 0 spiro atoms. The van der Waals surface area contributed by atoms with Gasteiger partial charge in [0.1, 0.15) is 0 Å². The molecule has 0 atom stereocenters. The zero-order valence-corrected chi connectivity index (χ0v) is 32.3. The predicted octanol–water partition coefficient (Wildman–Crippen LogP) is 8.07. The third-order valence-electron chi connectivity index (χ3n) is 12.0. The van der Waals surface area contributed by atoms with Crippen LogP contribution in [-0.4, -0.2) is 40.2 Å². The summed E-state index contributed by atoms with van der Waals surface area (Å²) in [5.41, 5.74) is 5.95. The molecule has 2 fully saturated rings. The SMILES string of the molecule is c1ccc(B2OB3OB(C(c4ccccc4)(c4ccccc4)c4ccc5c6ccccc6c6ccccc6c5c4)OB(c4ccccc4)N3B(c3ccccc3)O2)cc1. The molecule has 2 saturated heterocycles. The molecule has 2 aliphatic heterocycles. The Morgan fingerprint density at radius 3 is 1.24 bits per heavy atom. The van der Waals surface area contributed by atoms with Crippen LogP contribution in [0.1, 0.15) is 16.7 Å². The monoisotopic (exact) mass is 757 g/mol. The summed E-state index contributed by atoms with van der Waals surface area (Å²) >= 11 is 0. The van der Waals surface area contributed by atoms with Crippen molar-refractivity contribution in [1.29, 1.82) is 0 Å². The van der Waals surface area contributed by atoms with E-state index in [2.05, 4.69) is 168 Å². The lowest BCUT2D eigenvalue weighted by Gasteiger charge is -2.51. The summed E-state index contributed by atoms with van der Waals surface area (Å²) in [6.07, 6.45) is 0. The maximum atomic E-state index is 7.58. The minimum atomic E-state index is -0.977. The van der Waals surface area contributed by atoms with Crippen molar-refractivity contribution in [3.8, 4) is 0 Å². The quantitative estimate of drug-likeness (QED) is 0.0936. The highest BCUT2D eigenvalue weighted by Crippen LogP contribution is 2.46. The standard InChI is InChI=1S/C49H36B5NO4/c1-6-20-37(21-7-1)49(38-22-8-2-9-23-38,39-34-35-47-45-32-17-16-30-43(45)44-31-18-19-33-46(44)48(47)36-39)53-57-51(41-26-12-4-13-27-41)55-50(40-24-10-3-11-25-40)56-52(58-54(55)59-53)42-28-14-5-15-29-42/h1-36H. The number of rotatable bonds is 7. The molecule has 9 aromatic carbocycles. The molecule has 0 aromatic heterocycles. The minimum Gasteiger partial charge on any atom is -0.458 e. The van der Waals surface area contributed by atoms with Gasteiger partial charge in [0.05, 0.1) is 5.31 Å². The highest BCUT2D eigenvalue weighted by molar-refractivity contribution is 6.99. The minimum absolute atomic E-state index is 0.561. The largest absolute Gasteiger partial charge is 0.511 e. The Kier molecular flexibility index (Phi) is 9.30. The van der Waals surface area contributed by atoms with Gasteiger partial charge in [0, 0.05) is 0 Å². The lowest BCUT2D eigenvalue weighted by atomic mass is 9.41. The Morgan fingerprint density at radius 1 is 0.322 bits per heavy atom. The molecule has 9 aromatic rings. The lowest BCUT2D eigenvalue weighted by Crippen LogP contribution is -2.80. The maximum Gasteiger partial charge on any atom is 0.511 e. The average Bonchev–Trinajstić information content (AvgIpc) is 3.33. The van der Waals surface area contributed by atoms with Gasteiger partial charge >= 0.3 is 35.6 Å². The van der Waals surface area contributed by atoms with Crippen molar-refractivity contribution in [3.63, 3.8) is 0 Å². The van der Waals surface area contributed by atoms with E-state index in [4.69, 9.17) is 18.3 Å². The highest BCUT2D eigenvalue weighted by atomic mass is 16.7. The molecule has 0 radical (unpaired) electrons. The summed E-state index contributed by atoms with van der Waals surface area (Å²) in [5.74, 6) is 0. The fourth-order valence-corrected chi connectivity index (χ4v) is 9.34. The molecule has 2 aliphatic rings. The van der Waals surface area contributed by atoms with Crippen LogP contribution >= 0.6 is 0 Å². The van der Waals surface area contributed by atoms with E-state index in [1.807, 2.05) is 54.6 Å². The second-order valence-electron chi connectivity index (χ2n) is 15.3. The molecule has 0 unspecified atom stereocenters. The van der Waals surface area contributed by atoms with Crippen LogP contribution in [-0.2, 0) is 23.6 Å². The maximum absolute atomic E-state index is 7.58. The second-order valence-corrected chi connectivity index (χ2v) is 15.3. The average molecular weight is 757 g/mol. The number of benzene rings is 9. The number of nitrogens with zero attached hydrogens (tertiary/aromatic N) is 1. The fraction of sp³-hybridized carbons (Fsp3) is 0.0204. The van der Waals surface area contributed by atoms with Crippen LogP contribution in [0.3, 0.4) is 0 Å². The second kappa shape index (κ2) is 15.2. The summed E-state index contributed by atoms with van der Waals surface area (Å²) < 4.78 is 31.0. The van der Waals surface area contributed by atoms with Crippen molar-refractivity contribution in [2.24, 2.45) is 0 Å². The van der Waals surface area contributed by atoms with Crippen LogP contribution < -0.4 is 16.4 Å². The normalized spacial score (nSPS) is 14.9. The Balaban J connectivity index is 1.17. The van der Waals surface area contributed by atoms with E-state index in [-0.39, 0.29) is 0 Å². The van der Waals surface area contributed by atoms with Gasteiger partial charge in [0.2, 0.25) is 0 Å². The van der Waals surface area contributed by atoms with Crippen molar-refractivity contribution in [1.82, 2.24) is 4.63 Å². The molecule has 2 heterocycles. The van der Waals surface area contributed by atoms with Gasteiger partial charge in [0.25, 0.3) is 0 Å². The van der Waals surface area contributed by atoms with E-state index in [0.717, 1.165) is 33.1 Å². The van der Waals surface area contributed by atoms with Crippen LogP contribution in [0, 0.1) is 0 Å². The van der Waals surface area contributed by atoms with Gasteiger partial charge in [-0.2, -0.15) is 0 Å². The Hall–Kier alpha value is -6.12. The van der Waals surface area contributed by atoms with E-state index in [9.17, 15) is 0 Å². The third-order valence-corrected chi connectivity index (χ3v) is 12.0. The third kappa shape index (κ3) is 6.15. The highest BCUT2D eigenvalue weighted by Gasteiger charge is 2.63. The molecule has 0 saturated carbocycles. The van der Waals surface area contributed by atoms with E-state index in [1.165, 1.54) is 32.3 Å².